The molecular formula is C24H24O4. The number of phenolic OH excluding ortho intramolecular Hbond substituents is 2. The molecule has 0 heterocycles. The van der Waals surface area contributed by atoms with Gasteiger partial charge in [0.1, 0.15) is 18.1 Å². The standard InChI is InChI=1S/C24H24O4/c1-24(19-11-5-7-13-21(19)25,20-12-6-8-14-22(20)26)16-15-23(27)28-17-18-9-3-2-4-10-18/h2-14,25-26H,15-17H2,1H3. The van der Waals surface area contributed by atoms with Gasteiger partial charge >= 0.3 is 5.97 Å². The first kappa shape index (κ1) is 19.5. The van der Waals surface area contributed by atoms with E-state index < -0.39 is 5.41 Å². The van der Waals surface area contributed by atoms with Crippen LogP contribution in [0.25, 0.3) is 0 Å². The van der Waals surface area contributed by atoms with Gasteiger partial charge in [0.25, 0.3) is 0 Å². The molecule has 0 saturated heterocycles. The van der Waals surface area contributed by atoms with Gasteiger partial charge in [-0.1, -0.05) is 73.7 Å². The summed E-state index contributed by atoms with van der Waals surface area (Å²) >= 11 is 0. The number of esters is 1. The van der Waals surface area contributed by atoms with Crippen LogP contribution >= 0.6 is 0 Å². The zero-order valence-corrected chi connectivity index (χ0v) is 15.8. The second-order valence-corrected chi connectivity index (χ2v) is 7.01. The first-order chi connectivity index (χ1) is 13.5. The van der Waals surface area contributed by atoms with Crippen molar-refractivity contribution in [1.29, 1.82) is 0 Å². The van der Waals surface area contributed by atoms with Crippen molar-refractivity contribution in [2.24, 2.45) is 0 Å². The van der Waals surface area contributed by atoms with Crippen LogP contribution in [-0.4, -0.2) is 16.2 Å². The van der Waals surface area contributed by atoms with Gasteiger partial charge in [-0.05, 0) is 24.1 Å². The van der Waals surface area contributed by atoms with Crippen LogP contribution in [0.2, 0.25) is 0 Å². The number of hydrogen-bond donors (Lipinski definition) is 2. The summed E-state index contributed by atoms with van der Waals surface area (Å²) in [4.78, 5) is 12.3. The van der Waals surface area contributed by atoms with Crippen LogP contribution in [0, 0.1) is 0 Å². The van der Waals surface area contributed by atoms with E-state index in [1.54, 1.807) is 24.3 Å². The second-order valence-electron chi connectivity index (χ2n) is 7.01. The van der Waals surface area contributed by atoms with Crippen LogP contribution in [0.3, 0.4) is 0 Å². The summed E-state index contributed by atoms with van der Waals surface area (Å²) in [6.07, 6.45) is 0.543. The smallest absolute Gasteiger partial charge is 0.306 e. The fraction of sp³-hybridized carbons (Fsp3) is 0.208. The molecule has 28 heavy (non-hydrogen) atoms. The monoisotopic (exact) mass is 376 g/mol. The van der Waals surface area contributed by atoms with E-state index in [1.807, 2.05) is 61.5 Å². The molecule has 0 radical (unpaired) electrons. The van der Waals surface area contributed by atoms with Gasteiger partial charge in [-0.2, -0.15) is 0 Å². The van der Waals surface area contributed by atoms with E-state index in [0.717, 1.165) is 5.56 Å². The Morgan fingerprint density at radius 1 is 0.821 bits per heavy atom. The fourth-order valence-electron chi connectivity index (χ4n) is 3.46. The third-order valence-electron chi connectivity index (χ3n) is 5.07. The molecule has 4 heteroatoms. The van der Waals surface area contributed by atoms with E-state index in [2.05, 4.69) is 0 Å². The van der Waals surface area contributed by atoms with Gasteiger partial charge in [0.05, 0.1) is 0 Å². The van der Waals surface area contributed by atoms with Crippen LogP contribution in [0.5, 0.6) is 11.5 Å². The lowest BCUT2D eigenvalue weighted by molar-refractivity contribution is -0.145. The highest BCUT2D eigenvalue weighted by Crippen LogP contribution is 2.43. The number of para-hydroxylation sites is 2. The second kappa shape index (κ2) is 8.61. The lowest BCUT2D eigenvalue weighted by Gasteiger charge is -2.32. The molecule has 0 bridgehead atoms. The Labute approximate surface area is 165 Å². The van der Waals surface area contributed by atoms with Crippen LogP contribution in [0.4, 0.5) is 0 Å². The summed E-state index contributed by atoms with van der Waals surface area (Å²) in [6.45, 7) is 2.14. The largest absolute Gasteiger partial charge is 0.508 e. The van der Waals surface area contributed by atoms with Gasteiger partial charge in [-0.25, -0.2) is 0 Å². The predicted molar refractivity (Wildman–Crippen MR) is 108 cm³/mol. The maximum Gasteiger partial charge on any atom is 0.306 e. The predicted octanol–water partition coefficient (Wildman–Crippen LogP) is 4.93. The molecule has 0 aliphatic carbocycles. The van der Waals surface area contributed by atoms with E-state index in [-0.39, 0.29) is 30.5 Å². The number of ether oxygens (including phenoxy) is 1. The molecule has 2 N–H and O–H groups in total. The minimum Gasteiger partial charge on any atom is -0.508 e. The average Bonchev–Trinajstić information content (AvgIpc) is 2.72. The fourth-order valence-corrected chi connectivity index (χ4v) is 3.46. The van der Waals surface area contributed by atoms with E-state index in [4.69, 9.17) is 4.74 Å². The van der Waals surface area contributed by atoms with Crippen molar-refractivity contribution in [2.75, 3.05) is 0 Å². The van der Waals surface area contributed by atoms with Crippen molar-refractivity contribution in [2.45, 2.75) is 31.8 Å². The van der Waals surface area contributed by atoms with Crippen LogP contribution in [0.1, 0.15) is 36.5 Å². The highest BCUT2D eigenvalue weighted by atomic mass is 16.5. The molecule has 0 aliphatic heterocycles. The van der Waals surface area contributed by atoms with Crippen LogP contribution in [-0.2, 0) is 21.6 Å². The van der Waals surface area contributed by atoms with Gasteiger partial charge in [0.15, 0.2) is 0 Å². The number of rotatable bonds is 7. The van der Waals surface area contributed by atoms with E-state index in [1.165, 1.54) is 0 Å². The number of hydrogen-bond acceptors (Lipinski definition) is 4. The molecule has 3 aromatic rings. The summed E-state index contributed by atoms with van der Waals surface area (Å²) in [7, 11) is 0. The number of carbonyl (C=O) groups is 1. The maximum absolute atomic E-state index is 12.3. The van der Waals surface area contributed by atoms with Gasteiger partial charge in [0.2, 0.25) is 0 Å². The molecule has 0 saturated carbocycles. The summed E-state index contributed by atoms with van der Waals surface area (Å²) < 4.78 is 5.39. The molecule has 0 unspecified atom stereocenters. The molecule has 0 amide bonds. The van der Waals surface area contributed by atoms with Crippen molar-refractivity contribution in [3.63, 3.8) is 0 Å². The van der Waals surface area contributed by atoms with E-state index in [9.17, 15) is 15.0 Å². The SMILES string of the molecule is CC(CCC(=O)OCc1ccccc1)(c1ccccc1O)c1ccccc1O. The minimum absolute atomic E-state index is 0.130. The quantitative estimate of drug-likeness (QED) is 0.574. The summed E-state index contributed by atoms with van der Waals surface area (Å²) in [6, 6.07) is 23.5. The molecule has 0 spiro atoms. The van der Waals surface area contributed by atoms with Crippen molar-refractivity contribution in [3.8, 4) is 11.5 Å². The lowest BCUT2D eigenvalue weighted by Crippen LogP contribution is -2.25. The van der Waals surface area contributed by atoms with Gasteiger partial charge < -0.3 is 14.9 Å². The number of aromatic hydroxyl groups is 2. The molecule has 3 rings (SSSR count). The van der Waals surface area contributed by atoms with E-state index >= 15 is 0 Å². The lowest BCUT2D eigenvalue weighted by atomic mass is 9.72. The Morgan fingerprint density at radius 3 is 1.86 bits per heavy atom. The summed E-state index contributed by atoms with van der Waals surface area (Å²) in [5.41, 5.74) is 1.50. The Kier molecular flexibility index (Phi) is 5.99. The van der Waals surface area contributed by atoms with Crippen LogP contribution < -0.4 is 0 Å². The minimum atomic E-state index is -0.748. The maximum atomic E-state index is 12.3. The van der Waals surface area contributed by atoms with Gasteiger partial charge in [-0.3, -0.25) is 4.79 Å². The Morgan fingerprint density at radius 2 is 1.32 bits per heavy atom. The highest BCUT2D eigenvalue weighted by molar-refractivity contribution is 5.70. The number of carbonyl (C=O) groups excluding carboxylic acids is 1. The zero-order chi connectivity index (χ0) is 20.0. The molecule has 144 valence electrons. The topological polar surface area (TPSA) is 66.8 Å². The van der Waals surface area contributed by atoms with Gasteiger partial charge in [0, 0.05) is 23.0 Å². The summed E-state index contributed by atoms with van der Waals surface area (Å²) in [5, 5.41) is 20.8. The Hall–Kier alpha value is -3.27. The third-order valence-corrected chi connectivity index (χ3v) is 5.07. The van der Waals surface area contributed by atoms with Gasteiger partial charge in [-0.15, -0.1) is 0 Å². The third kappa shape index (κ3) is 4.34. The van der Waals surface area contributed by atoms with Crippen molar-refractivity contribution in [3.05, 3.63) is 95.6 Å². The molecule has 0 aliphatic rings. The van der Waals surface area contributed by atoms with Crippen molar-refractivity contribution >= 4 is 5.97 Å². The van der Waals surface area contributed by atoms with Crippen LogP contribution in [0.15, 0.2) is 78.9 Å². The Bertz CT molecular complexity index is 889. The molecule has 0 fully saturated rings. The first-order valence-corrected chi connectivity index (χ1v) is 9.27. The molecule has 4 nitrogen and oxygen atoms in total. The summed E-state index contributed by atoms with van der Waals surface area (Å²) in [5.74, 6) is -0.0577. The molecule has 0 atom stereocenters. The molecular weight excluding hydrogens is 352 g/mol. The zero-order valence-electron chi connectivity index (χ0n) is 15.8. The first-order valence-electron chi connectivity index (χ1n) is 9.27. The Balaban J connectivity index is 1.80. The van der Waals surface area contributed by atoms with Crippen molar-refractivity contribution in [1.82, 2.24) is 0 Å². The average molecular weight is 376 g/mol. The molecule has 3 aromatic carbocycles. The normalized spacial score (nSPS) is 11.2. The highest BCUT2D eigenvalue weighted by Gasteiger charge is 2.34. The molecule has 0 aromatic heterocycles. The van der Waals surface area contributed by atoms with E-state index in [0.29, 0.717) is 17.5 Å². The number of phenols is 2. The van der Waals surface area contributed by atoms with Crippen molar-refractivity contribution < 1.29 is 19.7 Å². The number of benzene rings is 3.